The van der Waals surface area contributed by atoms with E-state index in [-0.39, 0.29) is 23.0 Å². The molecule has 0 aliphatic carbocycles. The van der Waals surface area contributed by atoms with Crippen LogP contribution in [0.1, 0.15) is 58.2 Å². The highest BCUT2D eigenvalue weighted by molar-refractivity contribution is 5.70. The van der Waals surface area contributed by atoms with Crippen molar-refractivity contribution in [3.63, 3.8) is 0 Å². The highest BCUT2D eigenvalue weighted by Gasteiger charge is 2.50. The molecule has 0 fully saturated rings. The van der Waals surface area contributed by atoms with Crippen molar-refractivity contribution < 1.29 is 24.3 Å². The number of methoxy groups -OCH3 is 2. The first kappa shape index (κ1) is 18.6. The molecule has 0 aromatic heterocycles. The highest BCUT2D eigenvalue weighted by atomic mass is 16.5. The average Bonchev–Trinajstić information content (AvgIpc) is 2.51. The van der Waals surface area contributed by atoms with Gasteiger partial charge in [-0.1, -0.05) is 0 Å². The number of esters is 1. The van der Waals surface area contributed by atoms with Gasteiger partial charge in [0.2, 0.25) is 0 Å². The summed E-state index contributed by atoms with van der Waals surface area (Å²) in [5, 5.41) is 2.28. The Kier molecular flexibility index (Phi) is 5.14. The fourth-order valence-electron chi connectivity index (χ4n) is 3.46. The standard InChI is InChI=1S/C19H29NO4/c1-8-24-17(21)11-14-12-9-15(22-6)16(23-7)10-13(12)18(2,3)19(4,5)20-14/h9-10,14,20H,8,11H2,1-7H3/p+1/t14-/m0/s1. The third-order valence-electron chi connectivity index (χ3n) is 5.55. The van der Waals surface area contributed by atoms with Crippen LogP contribution in [0.4, 0.5) is 0 Å². The van der Waals surface area contributed by atoms with E-state index in [1.165, 1.54) is 5.56 Å². The molecule has 0 bridgehead atoms. The van der Waals surface area contributed by atoms with Crippen LogP contribution in [0.2, 0.25) is 0 Å². The number of fused-ring (bicyclic) bond motifs is 1. The molecule has 0 spiro atoms. The van der Waals surface area contributed by atoms with Gasteiger partial charge in [0.15, 0.2) is 11.5 Å². The van der Waals surface area contributed by atoms with Gasteiger partial charge in [-0.2, -0.15) is 0 Å². The van der Waals surface area contributed by atoms with Gasteiger partial charge in [0.25, 0.3) is 0 Å². The van der Waals surface area contributed by atoms with Crippen LogP contribution in [-0.4, -0.2) is 32.3 Å². The molecule has 2 rings (SSSR count). The van der Waals surface area contributed by atoms with Crippen molar-refractivity contribution in [2.45, 2.75) is 58.0 Å². The summed E-state index contributed by atoms with van der Waals surface area (Å²) >= 11 is 0. The minimum absolute atomic E-state index is 0.00174. The van der Waals surface area contributed by atoms with Gasteiger partial charge in [-0.25, -0.2) is 0 Å². The van der Waals surface area contributed by atoms with Crippen molar-refractivity contribution in [3.05, 3.63) is 23.3 Å². The number of quaternary nitrogens is 1. The number of rotatable bonds is 5. The summed E-state index contributed by atoms with van der Waals surface area (Å²) in [6, 6.07) is 4.06. The largest absolute Gasteiger partial charge is 0.493 e. The van der Waals surface area contributed by atoms with Gasteiger partial charge in [0.1, 0.15) is 18.0 Å². The third kappa shape index (κ3) is 3.09. The molecule has 1 aliphatic heterocycles. The molecule has 1 aromatic rings. The predicted molar refractivity (Wildman–Crippen MR) is 92.6 cm³/mol. The molecule has 2 N–H and O–H groups in total. The second-order valence-corrected chi connectivity index (χ2v) is 7.42. The molecule has 24 heavy (non-hydrogen) atoms. The molecular weight excluding hydrogens is 306 g/mol. The number of ether oxygens (including phenoxy) is 3. The van der Waals surface area contributed by atoms with Gasteiger partial charge < -0.3 is 19.5 Å². The molecule has 0 unspecified atom stereocenters. The summed E-state index contributed by atoms with van der Waals surface area (Å²) in [4.78, 5) is 12.1. The van der Waals surface area contributed by atoms with Gasteiger partial charge in [-0.3, -0.25) is 4.79 Å². The van der Waals surface area contributed by atoms with Crippen molar-refractivity contribution in [2.24, 2.45) is 0 Å². The Morgan fingerprint density at radius 1 is 1.12 bits per heavy atom. The zero-order chi connectivity index (χ0) is 18.1. The molecule has 0 radical (unpaired) electrons. The van der Waals surface area contributed by atoms with Crippen molar-refractivity contribution in [1.29, 1.82) is 0 Å². The molecule has 1 heterocycles. The molecule has 1 atom stereocenters. The van der Waals surface area contributed by atoms with E-state index in [0.29, 0.717) is 18.8 Å². The van der Waals surface area contributed by atoms with E-state index >= 15 is 0 Å². The molecule has 0 saturated heterocycles. The Balaban J connectivity index is 2.57. The molecule has 0 saturated carbocycles. The van der Waals surface area contributed by atoms with E-state index < -0.39 is 0 Å². The van der Waals surface area contributed by atoms with E-state index in [2.05, 4.69) is 39.1 Å². The van der Waals surface area contributed by atoms with Gasteiger partial charge in [0, 0.05) is 11.0 Å². The van der Waals surface area contributed by atoms with Crippen LogP contribution in [-0.2, 0) is 14.9 Å². The maximum atomic E-state index is 12.1. The molecule has 0 amide bonds. The van der Waals surface area contributed by atoms with Crippen LogP contribution in [0.15, 0.2) is 12.1 Å². The van der Waals surface area contributed by atoms with E-state index in [9.17, 15) is 4.79 Å². The Labute approximate surface area is 144 Å². The molecule has 5 nitrogen and oxygen atoms in total. The third-order valence-corrected chi connectivity index (χ3v) is 5.55. The highest BCUT2D eigenvalue weighted by Crippen LogP contribution is 2.45. The number of benzene rings is 1. The quantitative estimate of drug-likeness (QED) is 0.839. The average molecular weight is 336 g/mol. The van der Waals surface area contributed by atoms with Crippen LogP contribution < -0.4 is 14.8 Å². The summed E-state index contributed by atoms with van der Waals surface area (Å²) in [6.45, 7) is 11.1. The molecule has 5 heteroatoms. The van der Waals surface area contributed by atoms with Crippen LogP contribution in [0.3, 0.4) is 0 Å². The normalized spacial score (nSPS) is 20.9. The smallest absolute Gasteiger partial charge is 0.312 e. The van der Waals surface area contributed by atoms with Crippen molar-refractivity contribution >= 4 is 5.97 Å². The number of carbonyl (C=O) groups is 1. The maximum Gasteiger partial charge on any atom is 0.312 e. The maximum absolute atomic E-state index is 12.1. The summed E-state index contributed by atoms with van der Waals surface area (Å²) in [7, 11) is 3.28. The SMILES string of the molecule is CCOC(=O)C[C@@H]1[NH2+]C(C)(C)C(C)(C)c2cc(OC)c(OC)cc21. The fraction of sp³-hybridized carbons (Fsp3) is 0.632. The van der Waals surface area contributed by atoms with Gasteiger partial charge >= 0.3 is 5.97 Å². The lowest BCUT2D eigenvalue weighted by molar-refractivity contribution is -0.768. The Bertz CT molecular complexity index is 622. The zero-order valence-electron chi connectivity index (χ0n) is 15.9. The second-order valence-electron chi connectivity index (χ2n) is 7.42. The fourth-order valence-corrected chi connectivity index (χ4v) is 3.46. The molecule has 1 aromatic carbocycles. The lowest BCUT2D eigenvalue weighted by atomic mass is 9.64. The molecule has 1 aliphatic rings. The zero-order valence-corrected chi connectivity index (χ0v) is 15.9. The Hall–Kier alpha value is -1.75. The van der Waals surface area contributed by atoms with Crippen LogP contribution >= 0.6 is 0 Å². The van der Waals surface area contributed by atoms with E-state index in [1.807, 2.05) is 13.0 Å². The number of hydrogen-bond donors (Lipinski definition) is 1. The van der Waals surface area contributed by atoms with Gasteiger partial charge in [-0.05, 0) is 52.3 Å². The Morgan fingerprint density at radius 2 is 1.71 bits per heavy atom. The first-order chi connectivity index (χ1) is 11.2. The van der Waals surface area contributed by atoms with Gasteiger partial charge in [-0.15, -0.1) is 0 Å². The van der Waals surface area contributed by atoms with Crippen LogP contribution in [0.25, 0.3) is 0 Å². The van der Waals surface area contributed by atoms with Crippen molar-refractivity contribution in [3.8, 4) is 11.5 Å². The number of carbonyl (C=O) groups excluding carboxylic acids is 1. The monoisotopic (exact) mass is 336 g/mol. The van der Waals surface area contributed by atoms with Crippen LogP contribution in [0.5, 0.6) is 11.5 Å². The number of hydrogen-bond acceptors (Lipinski definition) is 4. The first-order valence-electron chi connectivity index (χ1n) is 8.46. The summed E-state index contributed by atoms with van der Waals surface area (Å²) in [5.74, 6) is 1.24. The lowest BCUT2D eigenvalue weighted by Crippen LogP contribution is -3.01. The number of nitrogens with two attached hydrogens (primary N) is 1. The lowest BCUT2D eigenvalue weighted by Gasteiger charge is -2.47. The molecular formula is C19H30NO4+. The van der Waals surface area contributed by atoms with Crippen molar-refractivity contribution in [1.82, 2.24) is 0 Å². The summed E-state index contributed by atoms with van der Waals surface area (Å²) in [5.41, 5.74) is 2.15. The topological polar surface area (TPSA) is 61.4 Å². The van der Waals surface area contributed by atoms with Crippen LogP contribution in [0, 0.1) is 0 Å². The van der Waals surface area contributed by atoms with Crippen molar-refractivity contribution in [2.75, 3.05) is 20.8 Å². The minimum atomic E-state index is -0.171. The van der Waals surface area contributed by atoms with E-state index in [1.54, 1.807) is 14.2 Å². The van der Waals surface area contributed by atoms with E-state index in [0.717, 1.165) is 11.3 Å². The van der Waals surface area contributed by atoms with Gasteiger partial charge in [0.05, 0.1) is 20.8 Å². The minimum Gasteiger partial charge on any atom is -0.493 e. The van der Waals surface area contributed by atoms with E-state index in [4.69, 9.17) is 14.2 Å². The predicted octanol–water partition coefficient (Wildman–Crippen LogP) is 2.33. The Morgan fingerprint density at radius 3 is 2.25 bits per heavy atom. The summed E-state index contributed by atoms with van der Waals surface area (Å²) < 4.78 is 16.1. The second kappa shape index (κ2) is 6.63. The summed E-state index contributed by atoms with van der Waals surface area (Å²) in [6.07, 6.45) is 0.343. The molecule has 134 valence electrons. The first-order valence-corrected chi connectivity index (χ1v) is 8.46.